The van der Waals surface area contributed by atoms with Crippen LogP contribution in [0.3, 0.4) is 0 Å². The minimum atomic E-state index is -0.763. The first kappa shape index (κ1) is 19.8. The number of anilines is 1. The van der Waals surface area contributed by atoms with Crippen molar-refractivity contribution in [2.45, 2.75) is 13.0 Å². The lowest BCUT2D eigenvalue weighted by molar-refractivity contribution is -0.122. The van der Waals surface area contributed by atoms with Crippen molar-refractivity contribution in [1.29, 1.82) is 0 Å². The van der Waals surface area contributed by atoms with Gasteiger partial charge >= 0.3 is 0 Å². The first-order valence-electron chi connectivity index (χ1n) is 9.01. The molecule has 29 heavy (non-hydrogen) atoms. The van der Waals surface area contributed by atoms with Gasteiger partial charge in [0, 0.05) is 22.4 Å². The molecular formula is C23H20N2O4. The fourth-order valence-corrected chi connectivity index (χ4v) is 2.66. The Morgan fingerprint density at radius 2 is 1.34 bits per heavy atom. The number of carbonyl (C=O) groups excluding carboxylic acids is 3. The summed E-state index contributed by atoms with van der Waals surface area (Å²) in [5.74, 6) is -0.487. The van der Waals surface area contributed by atoms with Crippen LogP contribution in [0.15, 0.2) is 78.9 Å². The Balaban J connectivity index is 1.59. The van der Waals surface area contributed by atoms with Crippen molar-refractivity contribution in [3.05, 3.63) is 95.6 Å². The number of ketones is 1. The van der Waals surface area contributed by atoms with Crippen LogP contribution in [0.1, 0.15) is 33.2 Å². The van der Waals surface area contributed by atoms with Gasteiger partial charge in [0.25, 0.3) is 5.91 Å². The molecule has 0 radical (unpaired) electrons. The molecule has 0 aromatic heterocycles. The molecule has 0 saturated heterocycles. The van der Waals surface area contributed by atoms with E-state index in [9.17, 15) is 14.4 Å². The second-order valence-corrected chi connectivity index (χ2v) is 6.41. The topological polar surface area (TPSA) is 98.5 Å². The van der Waals surface area contributed by atoms with Gasteiger partial charge in [-0.15, -0.1) is 0 Å². The molecule has 3 aromatic rings. The van der Waals surface area contributed by atoms with Crippen LogP contribution in [-0.4, -0.2) is 23.7 Å². The van der Waals surface area contributed by atoms with Crippen molar-refractivity contribution < 1.29 is 19.1 Å². The molecule has 0 aliphatic rings. The van der Waals surface area contributed by atoms with Gasteiger partial charge in [0.05, 0.1) is 0 Å². The maximum Gasteiger partial charge on any atom is 0.265 e. The molecule has 0 saturated carbocycles. The predicted molar refractivity (Wildman–Crippen MR) is 110 cm³/mol. The summed E-state index contributed by atoms with van der Waals surface area (Å²) in [6.07, 6.45) is -0.763. The molecule has 3 rings (SSSR count). The van der Waals surface area contributed by atoms with E-state index in [0.717, 1.165) is 0 Å². The van der Waals surface area contributed by atoms with E-state index < -0.39 is 12.0 Å². The Labute approximate surface area is 168 Å². The molecule has 0 bridgehead atoms. The Kier molecular flexibility index (Phi) is 6.04. The van der Waals surface area contributed by atoms with Gasteiger partial charge in [-0.25, -0.2) is 0 Å². The number of ether oxygens (including phenoxy) is 1. The Hall–Kier alpha value is -3.93. The quantitative estimate of drug-likeness (QED) is 0.606. The first-order chi connectivity index (χ1) is 13.9. The minimum absolute atomic E-state index is 0.0812. The van der Waals surface area contributed by atoms with Gasteiger partial charge in [-0.3, -0.25) is 14.4 Å². The van der Waals surface area contributed by atoms with Gasteiger partial charge in [0.2, 0.25) is 5.91 Å². The molecule has 0 fully saturated rings. The summed E-state index contributed by atoms with van der Waals surface area (Å²) in [5.41, 5.74) is 7.22. The van der Waals surface area contributed by atoms with Crippen LogP contribution in [0, 0.1) is 0 Å². The van der Waals surface area contributed by atoms with Crippen LogP contribution in [0.4, 0.5) is 5.69 Å². The third-order valence-corrected chi connectivity index (χ3v) is 4.27. The lowest BCUT2D eigenvalue weighted by atomic mass is 10.0. The van der Waals surface area contributed by atoms with Gasteiger partial charge < -0.3 is 15.8 Å². The van der Waals surface area contributed by atoms with E-state index in [0.29, 0.717) is 28.1 Å². The fourth-order valence-electron chi connectivity index (χ4n) is 2.66. The molecule has 2 amide bonds. The van der Waals surface area contributed by atoms with Crippen molar-refractivity contribution in [2.24, 2.45) is 5.73 Å². The highest BCUT2D eigenvalue weighted by Crippen LogP contribution is 2.17. The lowest BCUT2D eigenvalue weighted by Gasteiger charge is -2.15. The van der Waals surface area contributed by atoms with E-state index >= 15 is 0 Å². The van der Waals surface area contributed by atoms with Crippen LogP contribution in [0.2, 0.25) is 0 Å². The number of amides is 2. The molecule has 1 unspecified atom stereocenters. The van der Waals surface area contributed by atoms with Gasteiger partial charge in [-0.1, -0.05) is 30.3 Å². The molecule has 0 aliphatic carbocycles. The van der Waals surface area contributed by atoms with E-state index in [1.165, 1.54) is 12.1 Å². The van der Waals surface area contributed by atoms with E-state index in [-0.39, 0.29) is 11.7 Å². The number of hydrogen-bond acceptors (Lipinski definition) is 4. The monoisotopic (exact) mass is 388 g/mol. The summed E-state index contributed by atoms with van der Waals surface area (Å²) >= 11 is 0. The van der Waals surface area contributed by atoms with Gasteiger partial charge in [-0.2, -0.15) is 0 Å². The summed E-state index contributed by atoms with van der Waals surface area (Å²) < 4.78 is 5.65. The van der Waals surface area contributed by atoms with Crippen molar-refractivity contribution in [1.82, 2.24) is 0 Å². The van der Waals surface area contributed by atoms with E-state index in [4.69, 9.17) is 10.5 Å². The molecule has 3 aromatic carbocycles. The van der Waals surface area contributed by atoms with Crippen molar-refractivity contribution in [3.8, 4) is 5.75 Å². The molecule has 6 nitrogen and oxygen atoms in total. The SMILES string of the molecule is CC(Oc1ccc(C(=O)c2ccccc2)cc1)C(=O)Nc1ccc(C(N)=O)cc1. The van der Waals surface area contributed by atoms with Crippen LogP contribution in [0.25, 0.3) is 0 Å². The van der Waals surface area contributed by atoms with Crippen LogP contribution in [-0.2, 0) is 4.79 Å². The number of hydrogen-bond donors (Lipinski definition) is 2. The summed E-state index contributed by atoms with van der Waals surface area (Å²) in [6, 6.07) is 21.9. The van der Waals surface area contributed by atoms with Crippen LogP contribution in [0.5, 0.6) is 5.75 Å². The molecular weight excluding hydrogens is 368 g/mol. The fraction of sp³-hybridized carbons (Fsp3) is 0.0870. The maximum atomic E-state index is 12.4. The smallest absolute Gasteiger partial charge is 0.265 e. The molecule has 0 aliphatic heterocycles. The standard InChI is InChI=1S/C23H20N2O4/c1-15(23(28)25-19-11-7-18(8-12-19)22(24)27)29-20-13-9-17(10-14-20)21(26)16-5-3-2-4-6-16/h2-15H,1H3,(H2,24,27)(H,25,28). The van der Waals surface area contributed by atoms with Gasteiger partial charge in [-0.05, 0) is 55.5 Å². The predicted octanol–water partition coefficient (Wildman–Crippen LogP) is 3.42. The van der Waals surface area contributed by atoms with Gasteiger partial charge in [0.1, 0.15) is 5.75 Å². The second kappa shape index (κ2) is 8.84. The number of primary amides is 1. The van der Waals surface area contributed by atoms with E-state index in [2.05, 4.69) is 5.32 Å². The number of carbonyl (C=O) groups is 3. The molecule has 0 heterocycles. The molecule has 6 heteroatoms. The second-order valence-electron chi connectivity index (χ2n) is 6.41. The Morgan fingerprint density at radius 3 is 1.93 bits per heavy atom. The van der Waals surface area contributed by atoms with E-state index in [1.54, 1.807) is 55.5 Å². The average Bonchev–Trinajstić information content (AvgIpc) is 2.74. The zero-order valence-corrected chi connectivity index (χ0v) is 15.8. The van der Waals surface area contributed by atoms with Crippen LogP contribution < -0.4 is 15.8 Å². The summed E-state index contributed by atoms with van der Waals surface area (Å²) in [6.45, 7) is 1.62. The number of rotatable bonds is 7. The van der Waals surface area contributed by atoms with Crippen LogP contribution >= 0.6 is 0 Å². The Bertz CT molecular complexity index is 1010. The van der Waals surface area contributed by atoms with E-state index in [1.807, 2.05) is 18.2 Å². The van der Waals surface area contributed by atoms with Crippen molar-refractivity contribution in [3.63, 3.8) is 0 Å². The molecule has 3 N–H and O–H groups in total. The molecule has 146 valence electrons. The highest BCUT2D eigenvalue weighted by Gasteiger charge is 2.16. The lowest BCUT2D eigenvalue weighted by Crippen LogP contribution is -2.30. The maximum absolute atomic E-state index is 12.4. The minimum Gasteiger partial charge on any atom is -0.481 e. The zero-order chi connectivity index (χ0) is 20.8. The number of nitrogens with one attached hydrogen (secondary N) is 1. The van der Waals surface area contributed by atoms with Crippen molar-refractivity contribution in [2.75, 3.05) is 5.32 Å². The number of nitrogens with two attached hydrogens (primary N) is 1. The number of benzene rings is 3. The summed E-state index contributed by atoms with van der Waals surface area (Å²) in [7, 11) is 0. The largest absolute Gasteiger partial charge is 0.481 e. The van der Waals surface area contributed by atoms with Crippen molar-refractivity contribution >= 4 is 23.3 Å². The Morgan fingerprint density at radius 1 is 0.793 bits per heavy atom. The van der Waals surface area contributed by atoms with Gasteiger partial charge in [0.15, 0.2) is 11.9 Å². The first-order valence-corrected chi connectivity index (χ1v) is 9.01. The highest BCUT2D eigenvalue weighted by molar-refractivity contribution is 6.09. The molecule has 0 spiro atoms. The normalized spacial score (nSPS) is 11.3. The average molecular weight is 388 g/mol. The summed E-state index contributed by atoms with van der Waals surface area (Å²) in [4.78, 5) is 35.8. The third-order valence-electron chi connectivity index (χ3n) is 4.27. The zero-order valence-electron chi connectivity index (χ0n) is 15.8. The molecule has 1 atom stereocenters. The highest BCUT2D eigenvalue weighted by atomic mass is 16.5. The summed E-state index contributed by atoms with van der Waals surface area (Å²) in [5, 5.41) is 2.71. The third kappa shape index (κ3) is 5.07.